The van der Waals surface area contributed by atoms with Gasteiger partial charge in [0, 0.05) is 23.1 Å². The summed E-state index contributed by atoms with van der Waals surface area (Å²) in [5.74, 6) is 1.09. The fourth-order valence-electron chi connectivity index (χ4n) is 3.06. The van der Waals surface area contributed by atoms with Gasteiger partial charge >= 0.3 is 11.9 Å². The van der Waals surface area contributed by atoms with Crippen LogP contribution in [0.25, 0.3) is 0 Å². The predicted octanol–water partition coefficient (Wildman–Crippen LogP) is 5.55. The van der Waals surface area contributed by atoms with Gasteiger partial charge in [0.15, 0.2) is 0 Å². The van der Waals surface area contributed by atoms with Crippen molar-refractivity contribution in [2.45, 2.75) is 57.6 Å². The van der Waals surface area contributed by atoms with Crippen LogP contribution in [-0.2, 0) is 20.0 Å². The number of hydrogen-bond acceptors (Lipinski definition) is 8. The standard InChI is InChI=1S/C24H38BrNO6SSi/c1-10-11-31-23(28)20-16(13-33-14-17(26)22(27)30-7)18(12-19(29-6)21(20)25)32-34(8,9)24(4,5)15(2)3/h10,12,15,17H,1,11,13-14,26H2,2-9H3/t17-/m0/s1. The lowest BCUT2D eigenvalue weighted by Crippen LogP contribution is -2.48. The molecular weight excluding hydrogens is 538 g/mol. The Labute approximate surface area is 217 Å². The van der Waals surface area contributed by atoms with Crippen LogP contribution in [0.3, 0.4) is 0 Å². The topological polar surface area (TPSA) is 97.1 Å². The number of rotatable bonds is 13. The summed E-state index contributed by atoms with van der Waals surface area (Å²) < 4.78 is 22.9. The Bertz CT molecular complexity index is 891. The number of esters is 2. The van der Waals surface area contributed by atoms with Gasteiger partial charge in [-0.3, -0.25) is 4.79 Å². The van der Waals surface area contributed by atoms with Gasteiger partial charge in [0.05, 0.1) is 24.3 Å². The molecule has 0 aliphatic heterocycles. The zero-order chi connectivity index (χ0) is 26.3. The molecule has 0 saturated carbocycles. The maximum Gasteiger partial charge on any atom is 0.340 e. The molecule has 0 saturated heterocycles. The van der Waals surface area contributed by atoms with E-state index in [4.69, 9.17) is 24.4 Å². The highest BCUT2D eigenvalue weighted by Crippen LogP contribution is 2.47. The van der Waals surface area contributed by atoms with E-state index in [0.29, 0.717) is 44.5 Å². The van der Waals surface area contributed by atoms with Crippen molar-refractivity contribution in [3.63, 3.8) is 0 Å². The maximum absolute atomic E-state index is 13.1. The average molecular weight is 577 g/mol. The molecule has 0 aromatic heterocycles. The summed E-state index contributed by atoms with van der Waals surface area (Å²) >= 11 is 4.92. The highest BCUT2D eigenvalue weighted by atomic mass is 79.9. The number of carbonyl (C=O) groups excluding carboxylic acids is 2. The summed E-state index contributed by atoms with van der Waals surface area (Å²) in [6, 6.07) is 1.03. The molecule has 7 nitrogen and oxygen atoms in total. The van der Waals surface area contributed by atoms with Crippen molar-refractivity contribution < 1.29 is 28.2 Å². The van der Waals surface area contributed by atoms with E-state index >= 15 is 0 Å². The van der Waals surface area contributed by atoms with Gasteiger partial charge in [-0.1, -0.05) is 40.3 Å². The van der Waals surface area contributed by atoms with E-state index in [9.17, 15) is 9.59 Å². The average Bonchev–Trinajstić information content (AvgIpc) is 2.77. The molecule has 1 aromatic rings. The number of carbonyl (C=O) groups is 2. The van der Waals surface area contributed by atoms with Crippen LogP contribution < -0.4 is 14.9 Å². The van der Waals surface area contributed by atoms with Crippen molar-refractivity contribution >= 4 is 47.9 Å². The molecule has 1 rings (SSSR count). The fraction of sp³-hybridized carbons (Fsp3) is 0.583. The van der Waals surface area contributed by atoms with E-state index in [0.717, 1.165) is 0 Å². The van der Waals surface area contributed by atoms with Crippen LogP contribution in [-0.4, -0.2) is 52.9 Å². The number of thioether (sulfide) groups is 1. The smallest absolute Gasteiger partial charge is 0.340 e. The zero-order valence-electron chi connectivity index (χ0n) is 21.5. The Morgan fingerprint density at radius 1 is 1.26 bits per heavy atom. The number of hydrogen-bond donors (Lipinski definition) is 1. The summed E-state index contributed by atoms with van der Waals surface area (Å²) in [7, 11) is 0.502. The maximum atomic E-state index is 13.1. The minimum Gasteiger partial charge on any atom is -0.543 e. The quantitative estimate of drug-likeness (QED) is 0.185. The second kappa shape index (κ2) is 13.0. The summed E-state index contributed by atoms with van der Waals surface area (Å²) in [5, 5.41) is -0.0610. The Kier molecular flexibility index (Phi) is 11.7. The van der Waals surface area contributed by atoms with Crippen molar-refractivity contribution in [1.29, 1.82) is 0 Å². The van der Waals surface area contributed by atoms with E-state index in [2.05, 4.69) is 63.3 Å². The first-order valence-corrected chi connectivity index (χ1v) is 15.9. The SMILES string of the molecule is C=CCOC(=O)c1c(Br)c(OC)cc(O[Si](C)(C)C(C)(C)C(C)C)c1CSC[C@H](N)C(=O)OC. The first kappa shape index (κ1) is 30.5. The monoisotopic (exact) mass is 575 g/mol. The van der Waals surface area contributed by atoms with E-state index < -0.39 is 26.3 Å². The van der Waals surface area contributed by atoms with E-state index in [1.54, 1.807) is 6.07 Å². The summed E-state index contributed by atoms with van der Waals surface area (Å²) in [4.78, 5) is 24.8. The summed E-state index contributed by atoms with van der Waals surface area (Å²) in [6.07, 6.45) is 1.51. The number of methoxy groups -OCH3 is 2. The molecule has 0 aliphatic carbocycles. The molecule has 0 aliphatic rings. The number of halogens is 1. The number of benzene rings is 1. The molecule has 0 spiro atoms. The highest BCUT2D eigenvalue weighted by molar-refractivity contribution is 9.10. The van der Waals surface area contributed by atoms with Crippen LogP contribution in [0.4, 0.5) is 0 Å². The lowest BCUT2D eigenvalue weighted by atomic mass is 9.99. The van der Waals surface area contributed by atoms with Gasteiger partial charge in [0.25, 0.3) is 8.32 Å². The van der Waals surface area contributed by atoms with Crippen LogP contribution in [0.5, 0.6) is 11.5 Å². The van der Waals surface area contributed by atoms with Crippen molar-refractivity contribution in [1.82, 2.24) is 0 Å². The van der Waals surface area contributed by atoms with Crippen molar-refractivity contribution in [3.05, 3.63) is 34.3 Å². The van der Waals surface area contributed by atoms with E-state index in [-0.39, 0.29) is 11.6 Å². The molecule has 10 heteroatoms. The van der Waals surface area contributed by atoms with Gasteiger partial charge < -0.3 is 24.4 Å². The molecule has 0 bridgehead atoms. The van der Waals surface area contributed by atoms with Gasteiger partial charge in [-0.05, 0) is 40.0 Å². The number of ether oxygens (including phenoxy) is 3. The Balaban J connectivity index is 3.58. The van der Waals surface area contributed by atoms with Gasteiger partial charge in [-0.25, -0.2) is 4.79 Å². The van der Waals surface area contributed by atoms with Crippen LogP contribution in [0.15, 0.2) is 23.2 Å². The molecule has 0 heterocycles. The van der Waals surface area contributed by atoms with Crippen LogP contribution in [0.2, 0.25) is 18.1 Å². The summed E-state index contributed by atoms with van der Waals surface area (Å²) in [6.45, 7) is 16.8. The molecule has 0 radical (unpaired) electrons. The molecule has 2 N–H and O–H groups in total. The van der Waals surface area contributed by atoms with Crippen molar-refractivity contribution in [2.75, 3.05) is 26.6 Å². The predicted molar refractivity (Wildman–Crippen MR) is 144 cm³/mol. The lowest BCUT2D eigenvalue weighted by molar-refractivity contribution is -0.141. The normalized spacial score (nSPS) is 12.8. The molecule has 1 aromatic carbocycles. The zero-order valence-corrected chi connectivity index (χ0v) is 24.9. The molecule has 0 fully saturated rings. The van der Waals surface area contributed by atoms with E-state index in [1.807, 2.05) is 0 Å². The van der Waals surface area contributed by atoms with Crippen molar-refractivity contribution in [3.8, 4) is 11.5 Å². The van der Waals surface area contributed by atoms with Crippen molar-refractivity contribution in [2.24, 2.45) is 11.7 Å². The minimum atomic E-state index is -2.33. The second-order valence-electron chi connectivity index (χ2n) is 9.27. The molecule has 0 unspecified atom stereocenters. The van der Waals surface area contributed by atoms with E-state index in [1.165, 1.54) is 32.1 Å². The van der Waals surface area contributed by atoms with Crippen LogP contribution in [0, 0.1) is 5.92 Å². The molecule has 0 amide bonds. The Morgan fingerprint density at radius 3 is 2.38 bits per heavy atom. The second-order valence-corrected chi connectivity index (χ2v) is 15.6. The minimum absolute atomic E-state index is 0.0610. The third kappa shape index (κ3) is 7.25. The molecule has 1 atom stereocenters. The van der Waals surface area contributed by atoms with Gasteiger partial charge in [-0.15, -0.1) is 0 Å². The van der Waals surface area contributed by atoms with Gasteiger partial charge in [-0.2, -0.15) is 11.8 Å². The number of nitrogens with two attached hydrogens (primary N) is 1. The van der Waals surface area contributed by atoms with Crippen LogP contribution >= 0.6 is 27.7 Å². The Morgan fingerprint density at radius 2 is 1.88 bits per heavy atom. The Hall–Kier alpha value is -1.49. The van der Waals surface area contributed by atoms with Crippen LogP contribution in [0.1, 0.15) is 43.6 Å². The summed E-state index contributed by atoms with van der Waals surface area (Å²) in [5.41, 5.74) is 6.89. The highest BCUT2D eigenvalue weighted by Gasteiger charge is 2.45. The molecule has 192 valence electrons. The first-order valence-electron chi connectivity index (χ1n) is 11.0. The third-order valence-electron chi connectivity index (χ3n) is 6.46. The van der Waals surface area contributed by atoms with Gasteiger partial charge in [0.1, 0.15) is 24.1 Å². The molecule has 34 heavy (non-hydrogen) atoms. The lowest BCUT2D eigenvalue weighted by Gasteiger charge is -2.43. The van der Waals surface area contributed by atoms with Gasteiger partial charge in [0.2, 0.25) is 0 Å². The third-order valence-corrected chi connectivity index (χ3v) is 12.7. The largest absolute Gasteiger partial charge is 0.543 e. The molecular formula is C24H38BrNO6SSi. The fourth-order valence-corrected chi connectivity index (χ4v) is 7.12. The first-order chi connectivity index (χ1) is 15.7.